The van der Waals surface area contributed by atoms with Crippen molar-refractivity contribution >= 4 is 35.1 Å². The molecule has 0 bridgehead atoms. The molecule has 6 nitrogen and oxygen atoms in total. The van der Waals surface area contributed by atoms with Gasteiger partial charge in [0.1, 0.15) is 17.5 Å². The molecule has 0 saturated heterocycles. The minimum absolute atomic E-state index is 0.255. The highest BCUT2D eigenvalue weighted by molar-refractivity contribution is 6.42. The Morgan fingerprint density at radius 1 is 0.971 bits per heavy atom. The van der Waals surface area contributed by atoms with Crippen molar-refractivity contribution in [3.8, 4) is 5.75 Å². The number of para-hydroxylation sites is 1. The summed E-state index contributed by atoms with van der Waals surface area (Å²) in [6.45, 7) is 7.42. The van der Waals surface area contributed by atoms with Crippen molar-refractivity contribution in [2.45, 2.75) is 51.7 Å². The van der Waals surface area contributed by atoms with Crippen LogP contribution < -0.4 is 10.1 Å². The molecule has 2 aliphatic rings. The van der Waals surface area contributed by atoms with Gasteiger partial charge in [0.2, 0.25) is 0 Å². The Balaban J connectivity index is 1.80. The summed E-state index contributed by atoms with van der Waals surface area (Å²) < 4.78 is 17.3. The molecule has 0 aromatic heterocycles. The molecule has 2 atom stereocenters. The molecule has 2 aromatic carbocycles. The van der Waals surface area contributed by atoms with Gasteiger partial charge in [0.05, 0.1) is 34.2 Å². The summed E-state index contributed by atoms with van der Waals surface area (Å²) in [4.78, 5) is 26.7. The minimum atomic E-state index is -0.828. The summed E-state index contributed by atoms with van der Waals surface area (Å²) in [6, 6.07) is 12.6. The summed E-state index contributed by atoms with van der Waals surface area (Å²) in [5, 5.41) is 3.71. The first kappa shape index (κ1) is 25.1. The maximum Gasteiger partial charge on any atom is 0.337 e. The van der Waals surface area contributed by atoms with Gasteiger partial charge in [-0.25, -0.2) is 9.59 Å². The number of benzene rings is 2. The van der Waals surface area contributed by atoms with E-state index in [4.69, 9.17) is 37.4 Å². The summed E-state index contributed by atoms with van der Waals surface area (Å²) in [5.41, 5.74) is 2.42. The first-order valence-electron chi connectivity index (χ1n) is 11.2. The molecule has 0 aliphatic carbocycles. The van der Waals surface area contributed by atoms with Crippen molar-refractivity contribution in [2.24, 2.45) is 0 Å². The van der Waals surface area contributed by atoms with Crippen LogP contribution in [0.2, 0.25) is 10.0 Å². The molecule has 2 aliphatic heterocycles. The number of esters is 2. The quantitative estimate of drug-likeness (QED) is 0.485. The van der Waals surface area contributed by atoms with Crippen molar-refractivity contribution in [3.05, 3.63) is 86.2 Å². The van der Waals surface area contributed by atoms with Crippen LogP contribution in [0.3, 0.4) is 0 Å². The zero-order valence-corrected chi connectivity index (χ0v) is 21.7. The number of carbonyl (C=O) groups is 2. The Morgan fingerprint density at radius 2 is 1.60 bits per heavy atom. The van der Waals surface area contributed by atoms with Gasteiger partial charge in [0, 0.05) is 23.4 Å². The monoisotopic (exact) mass is 515 g/mol. The van der Waals surface area contributed by atoms with E-state index < -0.39 is 29.6 Å². The molecule has 0 spiro atoms. The first-order chi connectivity index (χ1) is 16.5. The van der Waals surface area contributed by atoms with E-state index in [1.54, 1.807) is 32.0 Å². The maximum atomic E-state index is 13.8. The molecule has 0 radical (unpaired) electrons. The smallest absolute Gasteiger partial charge is 0.337 e. The number of methoxy groups -OCH3 is 1. The van der Waals surface area contributed by atoms with E-state index in [9.17, 15) is 9.59 Å². The number of halogens is 2. The molecular weight excluding hydrogens is 489 g/mol. The van der Waals surface area contributed by atoms with Gasteiger partial charge in [0.15, 0.2) is 0 Å². The number of nitrogens with one attached hydrogen (secondary N) is 1. The molecular formula is C27H27Cl2NO5. The third-order valence-electron chi connectivity index (χ3n) is 6.26. The third-order valence-corrected chi connectivity index (χ3v) is 7.09. The lowest BCUT2D eigenvalue weighted by Gasteiger charge is -2.38. The minimum Gasteiger partial charge on any atom is -0.487 e. The second-order valence-electron chi connectivity index (χ2n) is 9.27. The highest BCUT2D eigenvalue weighted by Gasteiger charge is 2.42. The molecule has 0 saturated carbocycles. The second-order valence-corrected chi connectivity index (χ2v) is 10.1. The summed E-state index contributed by atoms with van der Waals surface area (Å²) in [5.74, 6) is -1.30. The van der Waals surface area contributed by atoms with Crippen molar-refractivity contribution in [1.29, 1.82) is 0 Å². The van der Waals surface area contributed by atoms with E-state index >= 15 is 0 Å². The highest BCUT2D eigenvalue weighted by Crippen LogP contribution is 2.46. The number of carbonyl (C=O) groups excluding carboxylic acids is 2. The SMILES string of the molecule is COC(=O)C1=C(C)NC(C)=C(C(=O)OC2CC(C)(C)Oc3ccccc32)C1c1cccc(Cl)c1Cl. The van der Waals surface area contributed by atoms with Crippen molar-refractivity contribution in [1.82, 2.24) is 5.32 Å². The molecule has 1 N–H and O–H groups in total. The van der Waals surface area contributed by atoms with E-state index in [-0.39, 0.29) is 16.2 Å². The molecule has 0 fully saturated rings. The zero-order valence-electron chi connectivity index (χ0n) is 20.2. The number of rotatable bonds is 4. The summed E-state index contributed by atoms with van der Waals surface area (Å²) in [6.07, 6.45) is -0.0663. The van der Waals surface area contributed by atoms with Crippen LogP contribution in [0.25, 0.3) is 0 Å². The zero-order chi connectivity index (χ0) is 25.5. The lowest BCUT2D eigenvalue weighted by Crippen LogP contribution is -2.37. The fourth-order valence-electron chi connectivity index (χ4n) is 4.73. The molecule has 2 unspecified atom stereocenters. The second kappa shape index (κ2) is 9.59. The van der Waals surface area contributed by atoms with Crippen LogP contribution in [-0.4, -0.2) is 24.6 Å². The van der Waals surface area contributed by atoms with Crippen LogP contribution in [0, 0.1) is 0 Å². The molecule has 8 heteroatoms. The van der Waals surface area contributed by atoms with Gasteiger partial charge < -0.3 is 19.5 Å². The van der Waals surface area contributed by atoms with Crippen LogP contribution in [0.1, 0.15) is 57.3 Å². The van der Waals surface area contributed by atoms with Crippen molar-refractivity contribution in [2.75, 3.05) is 7.11 Å². The first-order valence-corrected chi connectivity index (χ1v) is 12.0. The highest BCUT2D eigenvalue weighted by atomic mass is 35.5. The van der Waals surface area contributed by atoms with Crippen molar-refractivity contribution < 1.29 is 23.8 Å². The molecule has 2 aromatic rings. The van der Waals surface area contributed by atoms with E-state index in [0.29, 0.717) is 34.2 Å². The van der Waals surface area contributed by atoms with E-state index in [2.05, 4.69) is 5.32 Å². The average Bonchev–Trinajstić information content (AvgIpc) is 2.79. The number of allylic oxidation sites excluding steroid dienone is 2. The van der Waals surface area contributed by atoms with Gasteiger partial charge in [-0.05, 0) is 45.4 Å². The fraction of sp³-hybridized carbons (Fsp3) is 0.333. The maximum absolute atomic E-state index is 13.8. The number of dihydropyridines is 1. The van der Waals surface area contributed by atoms with Gasteiger partial charge in [-0.1, -0.05) is 53.5 Å². The largest absolute Gasteiger partial charge is 0.487 e. The van der Waals surface area contributed by atoms with Gasteiger partial charge in [-0.3, -0.25) is 0 Å². The van der Waals surface area contributed by atoms with Crippen LogP contribution in [0.4, 0.5) is 0 Å². The Bertz CT molecular complexity index is 1260. The summed E-state index contributed by atoms with van der Waals surface area (Å²) in [7, 11) is 1.30. The Hall–Kier alpha value is -2.96. The Kier molecular flexibility index (Phi) is 6.89. The molecule has 4 rings (SSSR count). The number of ether oxygens (including phenoxy) is 3. The van der Waals surface area contributed by atoms with Crippen LogP contribution in [0.15, 0.2) is 65.0 Å². The Morgan fingerprint density at radius 3 is 2.29 bits per heavy atom. The number of hydrogen-bond acceptors (Lipinski definition) is 6. The number of fused-ring (bicyclic) bond motifs is 1. The normalized spacial score (nSPS) is 21.0. The Labute approximate surface area is 214 Å². The standard InChI is InChI=1S/C27H27Cl2NO5/c1-14-21(25(31)33-5)23(17-10-8-11-18(28)24(17)29)22(15(2)30-14)26(32)34-20-13-27(3,4)35-19-12-7-6-9-16(19)20/h6-12,20,23,30H,13H2,1-5H3. The molecule has 35 heavy (non-hydrogen) atoms. The van der Waals surface area contributed by atoms with Gasteiger partial charge in [-0.2, -0.15) is 0 Å². The lowest BCUT2D eigenvalue weighted by atomic mass is 9.80. The number of hydrogen-bond donors (Lipinski definition) is 1. The van der Waals surface area contributed by atoms with Gasteiger partial charge >= 0.3 is 11.9 Å². The van der Waals surface area contributed by atoms with Crippen LogP contribution >= 0.6 is 23.2 Å². The van der Waals surface area contributed by atoms with Gasteiger partial charge in [-0.15, -0.1) is 0 Å². The van der Waals surface area contributed by atoms with Crippen LogP contribution in [-0.2, 0) is 19.1 Å². The molecule has 0 amide bonds. The third kappa shape index (κ3) is 4.78. The average molecular weight is 516 g/mol. The molecule has 184 valence electrons. The molecule has 2 heterocycles. The van der Waals surface area contributed by atoms with E-state index in [1.807, 2.05) is 38.1 Å². The van der Waals surface area contributed by atoms with E-state index in [0.717, 1.165) is 5.56 Å². The summed E-state index contributed by atoms with van der Waals surface area (Å²) >= 11 is 12.9. The topological polar surface area (TPSA) is 73.9 Å². The fourth-order valence-corrected chi connectivity index (χ4v) is 5.15. The lowest BCUT2D eigenvalue weighted by molar-refractivity contribution is -0.148. The predicted octanol–water partition coefficient (Wildman–Crippen LogP) is 6.25. The van der Waals surface area contributed by atoms with E-state index in [1.165, 1.54) is 7.11 Å². The predicted molar refractivity (Wildman–Crippen MR) is 134 cm³/mol. The van der Waals surface area contributed by atoms with Crippen LogP contribution in [0.5, 0.6) is 5.75 Å². The van der Waals surface area contributed by atoms with Gasteiger partial charge in [0.25, 0.3) is 0 Å². The van der Waals surface area contributed by atoms with Crippen molar-refractivity contribution in [3.63, 3.8) is 0 Å².